The number of carboxylic acid groups (broad SMARTS) is 1. The van der Waals surface area contributed by atoms with E-state index in [9.17, 15) is 39.9 Å². The lowest BCUT2D eigenvalue weighted by molar-refractivity contribution is -0.153. The van der Waals surface area contributed by atoms with Gasteiger partial charge in [-0.15, -0.1) is 11.8 Å². The van der Waals surface area contributed by atoms with Gasteiger partial charge in [0.05, 0.1) is 24.4 Å². The van der Waals surface area contributed by atoms with Crippen molar-refractivity contribution in [1.82, 2.24) is 0 Å². The van der Waals surface area contributed by atoms with E-state index in [1.807, 2.05) is 56.3 Å². The maximum atomic E-state index is 14.9. The molecule has 8 nitrogen and oxygen atoms in total. The van der Waals surface area contributed by atoms with Crippen LogP contribution in [0.3, 0.4) is 0 Å². The molecule has 5 aliphatic carbocycles. The van der Waals surface area contributed by atoms with Crippen molar-refractivity contribution in [1.29, 1.82) is 0 Å². The number of ketones is 2. The number of allylic oxidation sites excluding steroid dienone is 1. The van der Waals surface area contributed by atoms with Crippen LogP contribution >= 0.6 is 0 Å². The minimum atomic E-state index is -1.20. The summed E-state index contributed by atoms with van der Waals surface area (Å²) in [5.74, 6) is 4.16. The monoisotopic (exact) mass is 698 g/mol. The summed E-state index contributed by atoms with van der Waals surface area (Å²) in [4.78, 5) is 40.7. The van der Waals surface area contributed by atoms with Crippen molar-refractivity contribution in [3.63, 3.8) is 0 Å². The lowest BCUT2D eigenvalue weighted by Crippen LogP contribution is -2.64. The highest BCUT2D eigenvalue weighted by Gasteiger charge is 2.73. The Kier molecular flexibility index (Phi) is 9.95. The van der Waals surface area contributed by atoms with Gasteiger partial charge in [-0.25, -0.2) is 4.79 Å². The van der Waals surface area contributed by atoms with Crippen molar-refractivity contribution in [2.45, 2.75) is 117 Å². The SMILES string of the molecule is C[C@H](O)C/C(=C\[C@@H](O)C[C@@H](C)[C@H]1C[C@H](O)[C@@]23CCC#CC[C@]4(C)C(=O)CC[C@]5(C)C(=C2[C@H](O)[C@@H](/C=C/c2ccccc2)[C@H]45)C(=O)C[C@]13C)C(=O)O. The van der Waals surface area contributed by atoms with E-state index >= 15 is 0 Å². The van der Waals surface area contributed by atoms with Crippen LogP contribution in [0.5, 0.6) is 0 Å². The molecule has 6 bridgehead atoms. The number of benzene rings is 1. The molecular formula is C43H54O8. The van der Waals surface area contributed by atoms with Crippen molar-refractivity contribution >= 4 is 23.6 Å². The molecule has 6 rings (SSSR count). The van der Waals surface area contributed by atoms with E-state index in [0.29, 0.717) is 49.7 Å². The molecule has 0 saturated heterocycles. The molecule has 5 aliphatic rings. The molecule has 1 aromatic carbocycles. The summed E-state index contributed by atoms with van der Waals surface area (Å²) in [6.45, 7) is 9.60. The van der Waals surface area contributed by atoms with Crippen LogP contribution in [0.2, 0.25) is 0 Å². The predicted octanol–water partition coefficient (Wildman–Crippen LogP) is 5.68. The van der Waals surface area contributed by atoms with E-state index in [1.165, 1.54) is 13.0 Å². The van der Waals surface area contributed by atoms with Crippen molar-refractivity contribution in [3.8, 4) is 11.8 Å². The maximum Gasteiger partial charge on any atom is 0.331 e. The average Bonchev–Trinajstić information content (AvgIpc) is 3.27. The summed E-state index contributed by atoms with van der Waals surface area (Å²) in [6, 6.07) is 9.82. The van der Waals surface area contributed by atoms with Crippen molar-refractivity contribution in [3.05, 3.63) is 64.8 Å². The van der Waals surface area contributed by atoms with E-state index in [0.717, 1.165) is 5.56 Å². The van der Waals surface area contributed by atoms with E-state index in [-0.39, 0.29) is 48.2 Å². The van der Waals surface area contributed by atoms with Gasteiger partial charge in [0.2, 0.25) is 0 Å². The second-order valence-electron chi connectivity index (χ2n) is 17.0. The molecule has 5 N–H and O–H groups in total. The normalized spacial score (nSPS) is 39.5. The zero-order valence-electron chi connectivity index (χ0n) is 30.6. The predicted molar refractivity (Wildman–Crippen MR) is 194 cm³/mol. The summed E-state index contributed by atoms with van der Waals surface area (Å²) < 4.78 is 0. The highest BCUT2D eigenvalue weighted by atomic mass is 16.4. The molecule has 0 heterocycles. The number of Topliss-reactive ketones (excluding diaryl/α,β-unsaturated/α-hetero) is 2. The van der Waals surface area contributed by atoms with Crippen LogP contribution < -0.4 is 0 Å². The van der Waals surface area contributed by atoms with Crippen LogP contribution in [0.25, 0.3) is 6.08 Å². The van der Waals surface area contributed by atoms with Crippen LogP contribution in [0.15, 0.2) is 59.2 Å². The Labute approximate surface area is 301 Å². The third-order valence-electron chi connectivity index (χ3n) is 14.0. The number of hydrogen-bond donors (Lipinski definition) is 5. The Bertz CT molecular complexity index is 1730. The van der Waals surface area contributed by atoms with Gasteiger partial charge >= 0.3 is 5.97 Å². The molecule has 8 heteroatoms. The Morgan fingerprint density at radius 3 is 2.39 bits per heavy atom. The van der Waals surface area contributed by atoms with Crippen molar-refractivity contribution in [2.75, 3.05) is 0 Å². The zero-order chi connectivity index (χ0) is 37.1. The quantitative estimate of drug-likeness (QED) is 0.163. The van der Waals surface area contributed by atoms with Crippen molar-refractivity contribution < 1.29 is 39.9 Å². The van der Waals surface area contributed by atoms with Crippen LogP contribution in [0, 0.1) is 57.2 Å². The second-order valence-corrected chi connectivity index (χ2v) is 17.0. The average molecular weight is 699 g/mol. The Hall–Kier alpha value is -3.35. The van der Waals surface area contributed by atoms with Gasteiger partial charge in [-0.05, 0) is 73.0 Å². The van der Waals surface area contributed by atoms with Gasteiger partial charge in [0, 0.05) is 65.4 Å². The van der Waals surface area contributed by atoms with Crippen LogP contribution in [-0.4, -0.2) is 67.5 Å². The number of hydrogen-bond acceptors (Lipinski definition) is 7. The first-order valence-corrected chi connectivity index (χ1v) is 18.7. The van der Waals surface area contributed by atoms with E-state index in [1.54, 1.807) is 0 Å². The Balaban J connectivity index is 1.50. The first-order chi connectivity index (χ1) is 24.0. The third-order valence-corrected chi connectivity index (χ3v) is 14.0. The number of aliphatic carboxylic acids is 1. The molecule has 1 spiro atoms. The lowest BCUT2D eigenvalue weighted by Gasteiger charge is -2.64. The summed E-state index contributed by atoms with van der Waals surface area (Å²) in [5, 5.41) is 56.0. The van der Waals surface area contributed by atoms with Crippen LogP contribution in [-0.2, 0) is 14.4 Å². The van der Waals surface area contributed by atoms with E-state index in [2.05, 4.69) is 25.7 Å². The fraction of sp³-hybridized carbons (Fsp3) is 0.605. The van der Waals surface area contributed by atoms with Crippen LogP contribution in [0.1, 0.15) is 98.0 Å². The Morgan fingerprint density at radius 1 is 1.02 bits per heavy atom. The first kappa shape index (κ1) is 37.4. The van der Waals surface area contributed by atoms with E-state index in [4.69, 9.17) is 0 Å². The molecule has 0 amide bonds. The summed E-state index contributed by atoms with van der Waals surface area (Å²) in [5.41, 5.74) is -1.30. The highest BCUT2D eigenvalue weighted by molar-refractivity contribution is 6.01. The largest absolute Gasteiger partial charge is 0.478 e. The number of carbonyl (C=O) groups excluding carboxylic acids is 2. The molecule has 0 radical (unpaired) electrons. The minimum Gasteiger partial charge on any atom is -0.478 e. The van der Waals surface area contributed by atoms with Gasteiger partial charge in [-0.3, -0.25) is 9.59 Å². The first-order valence-electron chi connectivity index (χ1n) is 18.7. The maximum absolute atomic E-state index is 14.9. The molecule has 0 unspecified atom stereocenters. The fourth-order valence-corrected chi connectivity index (χ4v) is 11.9. The molecular weight excluding hydrogens is 644 g/mol. The van der Waals surface area contributed by atoms with Gasteiger partial charge in [-0.1, -0.05) is 70.2 Å². The Morgan fingerprint density at radius 2 is 1.73 bits per heavy atom. The summed E-state index contributed by atoms with van der Waals surface area (Å²) in [7, 11) is 0. The van der Waals surface area contributed by atoms with Crippen LogP contribution in [0.4, 0.5) is 0 Å². The standard InChI is InChI=1S/C43H54O8/c1-25(20-29(45)22-28(39(50)51)21-26(2)44)31-23-34(48)43-18-11-7-10-17-40(3)33(47)16-19-41(4)35(32(46)24-42(31,43)5)36(43)37(49)30(38(40)41)15-14-27-12-8-6-9-13-27/h6,8-9,12-15,22,25-26,29-31,34,37-38,44-45,48-49H,11,16-21,23-24H2,1-5H3,(H,50,51)/b15-14+,28-22+/t25-,26+,29+,30-,31-,34+,37-,38-,40-,41-,42-,43+/m1/s1. The summed E-state index contributed by atoms with van der Waals surface area (Å²) in [6.07, 6.45) is 3.87. The molecule has 2 saturated carbocycles. The highest BCUT2D eigenvalue weighted by Crippen LogP contribution is 2.74. The number of aliphatic hydroxyl groups excluding tert-OH is 4. The number of carboxylic acids is 1. The minimum absolute atomic E-state index is 0.0473. The molecule has 0 aliphatic heterocycles. The summed E-state index contributed by atoms with van der Waals surface area (Å²) >= 11 is 0. The molecule has 51 heavy (non-hydrogen) atoms. The smallest absolute Gasteiger partial charge is 0.331 e. The third kappa shape index (κ3) is 5.89. The number of carbonyl (C=O) groups is 3. The van der Waals surface area contributed by atoms with E-state index < -0.39 is 63.9 Å². The van der Waals surface area contributed by atoms with Gasteiger partial charge in [0.25, 0.3) is 0 Å². The van der Waals surface area contributed by atoms with Gasteiger partial charge in [0.15, 0.2) is 5.78 Å². The molecule has 1 aromatic rings. The van der Waals surface area contributed by atoms with Gasteiger partial charge < -0.3 is 25.5 Å². The fourth-order valence-electron chi connectivity index (χ4n) is 11.9. The van der Waals surface area contributed by atoms with Crippen molar-refractivity contribution in [2.24, 2.45) is 45.3 Å². The van der Waals surface area contributed by atoms with Gasteiger partial charge in [-0.2, -0.15) is 0 Å². The second kappa shape index (κ2) is 13.6. The number of rotatable bonds is 9. The molecule has 274 valence electrons. The number of aliphatic hydroxyl groups is 4. The van der Waals surface area contributed by atoms with Gasteiger partial charge in [0.1, 0.15) is 5.78 Å². The topological polar surface area (TPSA) is 152 Å². The molecule has 0 aromatic heterocycles. The zero-order valence-corrected chi connectivity index (χ0v) is 30.6. The molecule has 2 fully saturated rings. The molecule has 12 atom stereocenters. The lowest BCUT2D eigenvalue weighted by atomic mass is 9.39.